The molecular weight excluding hydrogens is 416 g/mol. The number of carbonyl (C=O) groups is 1. The highest BCUT2D eigenvalue weighted by Crippen LogP contribution is 2.20. The van der Waals surface area contributed by atoms with Crippen LogP contribution in [0.4, 0.5) is 0 Å². The second kappa shape index (κ2) is 10.4. The lowest BCUT2D eigenvalue weighted by atomic mass is 10.2. The van der Waals surface area contributed by atoms with Gasteiger partial charge in [0.2, 0.25) is 0 Å². The number of hydrogen-bond donors (Lipinski definition) is 0. The zero-order valence-electron chi connectivity index (χ0n) is 19.2. The molecule has 0 aliphatic carbocycles. The van der Waals surface area contributed by atoms with Gasteiger partial charge in [-0.15, -0.1) is 0 Å². The van der Waals surface area contributed by atoms with E-state index in [1.807, 2.05) is 45.9 Å². The number of hydrogen-bond acceptors (Lipinski definition) is 4. The number of methoxy groups -OCH3 is 1. The lowest BCUT2D eigenvalue weighted by molar-refractivity contribution is 0.0729. The maximum Gasteiger partial charge on any atom is 0.270 e. The average Bonchev–Trinajstić information content (AvgIpc) is 3.21. The zero-order valence-corrected chi connectivity index (χ0v) is 19.2. The lowest BCUT2D eigenvalue weighted by Gasteiger charge is -2.23. The average molecular weight is 447 g/mol. The third-order valence-electron chi connectivity index (χ3n) is 5.81. The summed E-state index contributed by atoms with van der Waals surface area (Å²) in [6.07, 6.45) is 4.32. The van der Waals surface area contributed by atoms with Crippen LogP contribution >= 0.6 is 0 Å². The second-order valence-corrected chi connectivity index (χ2v) is 8.18. The molecule has 3 aromatic heterocycles. The van der Waals surface area contributed by atoms with Gasteiger partial charge in [-0.05, 0) is 36.6 Å². The molecular formula is C26H30N4O3. The van der Waals surface area contributed by atoms with Crippen LogP contribution in [0.25, 0.3) is 16.7 Å². The molecule has 7 nitrogen and oxygen atoms in total. The van der Waals surface area contributed by atoms with Crippen LogP contribution in [-0.2, 0) is 17.8 Å². The van der Waals surface area contributed by atoms with Gasteiger partial charge in [0.25, 0.3) is 11.5 Å². The maximum absolute atomic E-state index is 13.8. The number of rotatable bonds is 10. The van der Waals surface area contributed by atoms with Crippen molar-refractivity contribution >= 4 is 22.6 Å². The number of carbonyl (C=O) groups excluding carboxylic acids is 1. The van der Waals surface area contributed by atoms with Crippen molar-refractivity contribution in [3.05, 3.63) is 82.4 Å². The van der Waals surface area contributed by atoms with Gasteiger partial charge in [-0.3, -0.25) is 14.0 Å². The van der Waals surface area contributed by atoms with Gasteiger partial charge in [-0.1, -0.05) is 49.7 Å². The highest BCUT2D eigenvalue weighted by Gasteiger charge is 2.24. The molecule has 0 radical (unpaired) electrons. The molecule has 3 heterocycles. The van der Waals surface area contributed by atoms with Crippen LogP contribution in [0.5, 0.6) is 0 Å². The number of pyridine rings is 1. The second-order valence-electron chi connectivity index (χ2n) is 8.18. The van der Waals surface area contributed by atoms with Crippen LogP contribution in [-0.4, -0.2) is 45.0 Å². The van der Waals surface area contributed by atoms with Gasteiger partial charge in [0.05, 0.1) is 5.39 Å². The van der Waals surface area contributed by atoms with Crippen molar-refractivity contribution in [1.29, 1.82) is 0 Å². The minimum atomic E-state index is -0.168. The van der Waals surface area contributed by atoms with Gasteiger partial charge in [0, 0.05) is 39.5 Å². The van der Waals surface area contributed by atoms with Crippen molar-refractivity contribution in [2.75, 3.05) is 20.3 Å². The van der Waals surface area contributed by atoms with Crippen LogP contribution in [0.3, 0.4) is 0 Å². The Kier molecular flexibility index (Phi) is 7.19. The number of aryl methyl sites for hydroxylation is 1. The Labute approximate surface area is 193 Å². The quantitative estimate of drug-likeness (QED) is 0.344. The van der Waals surface area contributed by atoms with Gasteiger partial charge >= 0.3 is 0 Å². The first-order valence-electron chi connectivity index (χ1n) is 11.5. The van der Waals surface area contributed by atoms with Crippen molar-refractivity contribution < 1.29 is 9.53 Å². The summed E-state index contributed by atoms with van der Waals surface area (Å²) in [6, 6.07) is 17.2. The number of nitrogens with zero attached hydrogens (tertiary/aromatic N) is 4. The van der Waals surface area contributed by atoms with Crippen molar-refractivity contribution in [1.82, 2.24) is 18.9 Å². The molecule has 0 aliphatic heterocycles. The minimum Gasteiger partial charge on any atom is -0.385 e. The third kappa shape index (κ3) is 4.83. The van der Waals surface area contributed by atoms with Crippen molar-refractivity contribution in [3.63, 3.8) is 0 Å². The van der Waals surface area contributed by atoms with E-state index in [1.54, 1.807) is 31.5 Å². The van der Waals surface area contributed by atoms with E-state index in [2.05, 4.69) is 6.92 Å². The summed E-state index contributed by atoms with van der Waals surface area (Å²) < 4.78 is 8.64. The Bertz CT molecular complexity index is 1290. The number of aromatic nitrogens is 3. The molecule has 0 spiro atoms. The monoisotopic (exact) mass is 446 g/mol. The topological polar surface area (TPSA) is 68.8 Å². The number of unbranched alkanes of at least 4 members (excludes halogenated alkanes) is 1. The Balaban J connectivity index is 1.81. The highest BCUT2D eigenvalue weighted by molar-refractivity contribution is 5.98. The van der Waals surface area contributed by atoms with Gasteiger partial charge in [0.15, 0.2) is 0 Å². The first kappa shape index (κ1) is 22.7. The van der Waals surface area contributed by atoms with E-state index in [0.717, 1.165) is 18.4 Å². The van der Waals surface area contributed by atoms with E-state index in [9.17, 15) is 9.59 Å². The van der Waals surface area contributed by atoms with Gasteiger partial charge in [-0.25, -0.2) is 4.98 Å². The summed E-state index contributed by atoms with van der Waals surface area (Å²) in [6.45, 7) is 4.39. The predicted molar refractivity (Wildman–Crippen MR) is 130 cm³/mol. The van der Waals surface area contributed by atoms with E-state index in [1.165, 1.54) is 4.40 Å². The van der Waals surface area contributed by atoms with Crippen LogP contribution in [0.2, 0.25) is 0 Å². The fourth-order valence-electron chi connectivity index (χ4n) is 4.09. The molecule has 0 N–H and O–H groups in total. The van der Waals surface area contributed by atoms with E-state index in [-0.39, 0.29) is 11.5 Å². The van der Waals surface area contributed by atoms with E-state index in [4.69, 9.17) is 9.72 Å². The minimum absolute atomic E-state index is 0.0869. The largest absolute Gasteiger partial charge is 0.385 e. The Hall–Kier alpha value is -3.45. The summed E-state index contributed by atoms with van der Waals surface area (Å²) in [5.41, 5.74) is 2.51. The maximum atomic E-state index is 13.8. The first-order chi connectivity index (χ1) is 16.1. The fraction of sp³-hybridized carbons (Fsp3) is 0.346. The Morgan fingerprint density at radius 3 is 2.64 bits per heavy atom. The SMILES string of the molecule is CCCCN(Cc1ccccc1)C(=O)c1cc2c(=O)n3ccccc3nc2n1CCCOC. The molecule has 172 valence electrons. The Morgan fingerprint density at radius 1 is 1.09 bits per heavy atom. The van der Waals surface area contributed by atoms with Crippen LogP contribution in [0.1, 0.15) is 42.2 Å². The summed E-state index contributed by atoms with van der Waals surface area (Å²) in [5, 5.41) is 0.453. The molecule has 0 bridgehead atoms. The van der Waals surface area contributed by atoms with Crippen molar-refractivity contribution in [2.45, 2.75) is 39.3 Å². The number of amides is 1. The number of fused-ring (bicyclic) bond motifs is 2. The molecule has 0 aliphatic rings. The normalized spacial score (nSPS) is 11.3. The van der Waals surface area contributed by atoms with E-state index < -0.39 is 0 Å². The summed E-state index contributed by atoms with van der Waals surface area (Å²) >= 11 is 0. The zero-order chi connectivity index (χ0) is 23.2. The number of ether oxygens (including phenoxy) is 1. The fourth-order valence-corrected chi connectivity index (χ4v) is 4.09. The van der Waals surface area contributed by atoms with Gasteiger partial charge < -0.3 is 14.2 Å². The molecule has 7 heteroatoms. The van der Waals surface area contributed by atoms with Crippen LogP contribution in [0.15, 0.2) is 65.6 Å². The molecule has 0 atom stereocenters. The summed E-state index contributed by atoms with van der Waals surface area (Å²) in [7, 11) is 1.66. The van der Waals surface area contributed by atoms with Gasteiger partial charge in [-0.2, -0.15) is 0 Å². The predicted octanol–water partition coefficient (Wildman–Crippen LogP) is 4.13. The lowest BCUT2D eigenvalue weighted by Crippen LogP contribution is -2.33. The van der Waals surface area contributed by atoms with E-state index >= 15 is 0 Å². The molecule has 0 saturated heterocycles. The first-order valence-corrected chi connectivity index (χ1v) is 11.5. The molecule has 1 amide bonds. The molecule has 0 saturated carbocycles. The molecule has 1 aromatic carbocycles. The highest BCUT2D eigenvalue weighted by atomic mass is 16.5. The van der Waals surface area contributed by atoms with Crippen molar-refractivity contribution in [2.24, 2.45) is 0 Å². The number of benzene rings is 1. The standard InChI is InChI=1S/C26H30N4O3/c1-3-4-14-28(19-20-11-6-5-7-12-20)26(32)22-18-21-24(29(22)16-10-17-33-2)27-23-13-8-9-15-30(23)25(21)31/h5-9,11-13,15,18H,3-4,10,14,16-17,19H2,1-2H3. The third-order valence-corrected chi connectivity index (χ3v) is 5.81. The van der Waals surface area contributed by atoms with E-state index in [0.29, 0.717) is 55.0 Å². The molecule has 0 fully saturated rings. The summed E-state index contributed by atoms with van der Waals surface area (Å²) in [5.74, 6) is -0.0869. The smallest absolute Gasteiger partial charge is 0.270 e. The van der Waals surface area contributed by atoms with Crippen LogP contribution in [0, 0.1) is 0 Å². The Morgan fingerprint density at radius 2 is 1.88 bits per heavy atom. The van der Waals surface area contributed by atoms with Gasteiger partial charge in [0.1, 0.15) is 17.0 Å². The molecule has 0 unspecified atom stereocenters. The molecule has 33 heavy (non-hydrogen) atoms. The molecule has 4 aromatic rings. The van der Waals surface area contributed by atoms with Crippen LogP contribution < -0.4 is 5.56 Å². The van der Waals surface area contributed by atoms with Crippen molar-refractivity contribution in [3.8, 4) is 0 Å². The molecule has 4 rings (SSSR count). The summed E-state index contributed by atoms with van der Waals surface area (Å²) in [4.78, 5) is 33.6.